The van der Waals surface area contributed by atoms with Gasteiger partial charge in [-0.2, -0.15) is 0 Å². The molecule has 18 heavy (non-hydrogen) atoms. The van der Waals surface area contributed by atoms with Crippen LogP contribution < -0.4 is 5.32 Å². The second-order valence-corrected chi connectivity index (χ2v) is 4.56. The molecule has 0 amide bonds. The van der Waals surface area contributed by atoms with E-state index in [9.17, 15) is 10.1 Å². The van der Waals surface area contributed by atoms with Crippen molar-refractivity contribution in [3.8, 4) is 0 Å². The number of pyridine rings is 1. The summed E-state index contributed by atoms with van der Waals surface area (Å²) in [5.74, 6) is 0.263. The van der Waals surface area contributed by atoms with Crippen molar-refractivity contribution in [2.45, 2.75) is 45.6 Å². The van der Waals surface area contributed by atoms with E-state index in [1.807, 2.05) is 0 Å². The predicted molar refractivity (Wildman–Crippen MR) is 73.1 cm³/mol. The summed E-state index contributed by atoms with van der Waals surface area (Å²) in [6.45, 7) is 4.17. The molecule has 1 N–H and O–H groups in total. The predicted octanol–water partition coefficient (Wildman–Crippen LogP) is 4.02. The maximum atomic E-state index is 10.9. The van der Waals surface area contributed by atoms with Gasteiger partial charge in [0.1, 0.15) is 5.15 Å². The molecule has 0 saturated heterocycles. The molecule has 0 saturated carbocycles. The highest BCUT2D eigenvalue weighted by Crippen LogP contribution is 2.25. The first kappa shape index (κ1) is 14.7. The zero-order valence-corrected chi connectivity index (χ0v) is 11.4. The second kappa shape index (κ2) is 7.16. The van der Waals surface area contributed by atoms with Crippen LogP contribution in [0.4, 0.5) is 11.5 Å². The summed E-state index contributed by atoms with van der Waals surface area (Å²) in [6.07, 6.45) is 3.95. The van der Waals surface area contributed by atoms with E-state index in [4.69, 9.17) is 11.6 Å². The molecule has 0 spiro atoms. The van der Waals surface area contributed by atoms with Crippen molar-refractivity contribution >= 4 is 23.1 Å². The summed E-state index contributed by atoms with van der Waals surface area (Å²) in [5.41, 5.74) is -0.0309. The third kappa shape index (κ3) is 4.14. The Hall–Kier alpha value is -1.36. The Morgan fingerprint density at radius 2 is 2.00 bits per heavy atom. The average molecular weight is 272 g/mol. The summed E-state index contributed by atoms with van der Waals surface area (Å²) in [4.78, 5) is 14.5. The van der Waals surface area contributed by atoms with Crippen molar-refractivity contribution in [2.24, 2.45) is 0 Å². The second-order valence-electron chi connectivity index (χ2n) is 4.18. The molecule has 0 radical (unpaired) electrons. The van der Waals surface area contributed by atoms with Crippen LogP contribution in [-0.2, 0) is 0 Å². The van der Waals surface area contributed by atoms with Crippen LogP contribution in [0.25, 0.3) is 0 Å². The lowest BCUT2D eigenvalue weighted by Crippen LogP contribution is -2.20. The van der Waals surface area contributed by atoms with E-state index >= 15 is 0 Å². The lowest BCUT2D eigenvalue weighted by molar-refractivity contribution is -0.384. The number of halogens is 1. The van der Waals surface area contributed by atoms with Crippen molar-refractivity contribution in [2.75, 3.05) is 5.32 Å². The Morgan fingerprint density at radius 3 is 2.50 bits per heavy atom. The van der Waals surface area contributed by atoms with Crippen molar-refractivity contribution in [1.29, 1.82) is 0 Å². The minimum Gasteiger partial charge on any atom is -0.362 e. The number of hydrogen-bond acceptors (Lipinski definition) is 4. The van der Waals surface area contributed by atoms with Gasteiger partial charge in [0.2, 0.25) is 5.82 Å². The van der Waals surface area contributed by atoms with Crippen LogP contribution in [0.1, 0.15) is 39.5 Å². The maximum absolute atomic E-state index is 10.9. The Kier molecular flexibility index (Phi) is 5.85. The first-order valence-corrected chi connectivity index (χ1v) is 6.53. The first-order valence-electron chi connectivity index (χ1n) is 6.16. The SMILES string of the molecule is CCCC(CCC)Nc1nc(Cl)ccc1[N+](=O)[O-]. The van der Waals surface area contributed by atoms with Crippen LogP contribution in [0.15, 0.2) is 12.1 Å². The summed E-state index contributed by atoms with van der Waals surface area (Å²) in [5, 5.41) is 14.3. The Labute approximate surface area is 112 Å². The van der Waals surface area contributed by atoms with Gasteiger partial charge in [0.05, 0.1) is 4.92 Å². The lowest BCUT2D eigenvalue weighted by atomic mass is 10.1. The van der Waals surface area contributed by atoms with E-state index in [1.165, 1.54) is 12.1 Å². The summed E-state index contributed by atoms with van der Waals surface area (Å²) in [6, 6.07) is 3.01. The minimum atomic E-state index is -0.444. The van der Waals surface area contributed by atoms with Gasteiger partial charge in [-0.3, -0.25) is 10.1 Å². The molecule has 1 rings (SSSR count). The molecule has 0 unspecified atom stereocenters. The summed E-state index contributed by atoms with van der Waals surface area (Å²) >= 11 is 5.79. The van der Waals surface area contributed by atoms with E-state index in [2.05, 4.69) is 24.1 Å². The highest BCUT2D eigenvalue weighted by atomic mass is 35.5. The molecule has 0 aliphatic rings. The van der Waals surface area contributed by atoms with Gasteiger partial charge < -0.3 is 5.32 Å². The van der Waals surface area contributed by atoms with E-state index < -0.39 is 4.92 Å². The van der Waals surface area contributed by atoms with E-state index in [1.54, 1.807) is 0 Å². The molecular formula is C12H18ClN3O2. The third-order valence-corrected chi connectivity index (χ3v) is 2.86. The van der Waals surface area contributed by atoms with Crippen LogP contribution in [-0.4, -0.2) is 15.9 Å². The molecule has 0 atom stereocenters. The molecule has 0 aliphatic heterocycles. The fourth-order valence-electron chi connectivity index (χ4n) is 1.86. The third-order valence-electron chi connectivity index (χ3n) is 2.65. The molecule has 0 aliphatic carbocycles. The van der Waals surface area contributed by atoms with E-state index in [0.29, 0.717) is 0 Å². The first-order chi connectivity index (χ1) is 8.58. The van der Waals surface area contributed by atoms with Gasteiger partial charge >= 0.3 is 5.69 Å². The quantitative estimate of drug-likeness (QED) is 0.462. The standard InChI is InChI=1S/C12H18ClN3O2/c1-3-5-9(6-4-2)14-12-10(16(17)18)7-8-11(13)15-12/h7-9H,3-6H2,1-2H3,(H,14,15). The molecule has 6 heteroatoms. The molecule has 1 aromatic rings. The number of anilines is 1. The number of rotatable bonds is 7. The molecule has 0 aromatic carbocycles. The van der Waals surface area contributed by atoms with Gasteiger partial charge in [0, 0.05) is 12.1 Å². The minimum absolute atomic E-state index is 0.0309. The highest BCUT2D eigenvalue weighted by molar-refractivity contribution is 6.29. The zero-order valence-electron chi connectivity index (χ0n) is 10.6. The van der Waals surface area contributed by atoms with Crippen LogP contribution in [0.3, 0.4) is 0 Å². The highest BCUT2D eigenvalue weighted by Gasteiger charge is 2.18. The van der Waals surface area contributed by atoms with Crippen molar-refractivity contribution < 1.29 is 4.92 Å². The average Bonchev–Trinajstić information content (AvgIpc) is 2.29. The molecule has 1 aromatic heterocycles. The number of nitrogens with zero attached hydrogens (tertiary/aromatic N) is 2. The van der Waals surface area contributed by atoms with Crippen LogP contribution in [0, 0.1) is 10.1 Å². The fraction of sp³-hybridized carbons (Fsp3) is 0.583. The van der Waals surface area contributed by atoms with Crippen LogP contribution in [0.2, 0.25) is 5.15 Å². The Bertz CT molecular complexity index is 406. The number of aromatic nitrogens is 1. The Balaban J connectivity index is 2.92. The molecule has 100 valence electrons. The molecule has 1 heterocycles. The van der Waals surface area contributed by atoms with Gasteiger partial charge in [-0.1, -0.05) is 38.3 Å². The monoisotopic (exact) mass is 271 g/mol. The van der Waals surface area contributed by atoms with Crippen molar-refractivity contribution in [3.05, 3.63) is 27.4 Å². The molecular weight excluding hydrogens is 254 g/mol. The van der Waals surface area contributed by atoms with Gasteiger partial charge in [-0.25, -0.2) is 4.98 Å². The van der Waals surface area contributed by atoms with Gasteiger partial charge in [0.15, 0.2) is 0 Å². The lowest BCUT2D eigenvalue weighted by Gasteiger charge is -2.17. The largest absolute Gasteiger partial charge is 0.362 e. The fourth-order valence-corrected chi connectivity index (χ4v) is 2.01. The molecule has 5 nitrogen and oxygen atoms in total. The van der Waals surface area contributed by atoms with Crippen LogP contribution in [0.5, 0.6) is 0 Å². The van der Waals surface area contributed by atoms with E-state index in [-0.39, 0.29) is 22.7 Å². The summed E-state index contributed by atoms with van der Waals surface area (Å²) in [7, 11) is 0. The maximum Gasteiger partial charge on any atom is 0.311 e. The van der Waals surface area contributed by atoms with E-state index in [0.717, 1.165) is 25.7 Å². The topological polar surface area (TPSA) is 68.1 Å². The zero-order chi connectivity index (χ0) is 13.5. The number of hydrogen-bond donors (Lipinski definition) is 1. The van der Waals surface area contributed by atoms with Crippen molar-refractivity contribution in [3.63, 3.8) is 0 Å². The normalized spacial score (nSPS) is 10.7. The van der Waals surface area contributed by atoms with Gasteiger partial charge in [-0.05, 0) is 18.9 Å². The molecule has 0 fully saturated rings. The van der Waals surface area contributed by atoms with Gasteiger partial charge in [0.25, 0.3) is 0 Å². The van der Waals surface area contributed by atoms with Crippen molar-refractivity contribution in [1.82, 2.24) is 4.98 Å². The summed E-state index contributed by atoms with van der Waals surface area (Å²) < 4.78 is 0. The van der Waals surface area contributed by atoms with Gasteiger partial charge in [-0.15, -0.1) is 0 Å². The molecule has 0 bridgehead atoms. The number of nitro groups is 1. The number of nitrogens with one attached hydrogen (secondary N) is 1. The Morgan fingerprint density at radius 1 is 1.39 bits per heavy atom. The smallest absolute Gasteiger partial charge is 0.311 e. The van der Waals surface area contributed by atoms with Crippen LogP contribution >= 0.6 is 11.6 Å².